The van der Waals surface area contributed by atoms with E-state index in [1.807, 2.05) is 26.0 Å². The summed E-state index contributed by atoms with van der Waals surface area (Å²) in [6.07, 6.45) is -0.0464. The zero-order chi connectivity index (χ0) is 15.2. The maximum absolute atomic E-state index is 8.75. The fourth-order valence-electron chi connectivity index (χ4n) is 1.55. The molecule has 2 aromatic rings. The van der Waals surface area contributed by atoms with Crippen LogP contribution in [0, 0.1) is 11.3 Å². The lowest BCUT2D eigenvalue weighted by molar-refractivity contribution is 0.222. The van der Waals surface area contributed by atoms with Crippen LogP contribution in [-0.4, -0.2) is 21.1 Å². The maximum Gasteiger partial charge on any atom is 0.322 e. The van der Waals surface area contributed by atoms with Crippen molar-refractivity contribution in [1.82, 2.24) is 15.0 Å². The Balaban J connectivity index is 2.05. The van der Waals surface area contributed by atoms with Crippen LogP contribution in [0.5, 0.6) is 6.01 Å². The summed E-state index contributed by atoms with van der Waals surface area (Å²) >= 11 is 5.84. The fourth-order valence-corrected chi connectivity index (χ4v) is 1.71. The maximum atomic E-state index is 8.75. The molecule has 0 aliphatic heterocycles. The van der Waals surface area contributed by atoms with Crippen LogP contribution in [0.3, 0.4) is 0 Å². The third-order valence-electron chi connectivity index (χ3n) is 2.46. The summed E-state index contributed by atoms with van der Waals surface area (Å²) in [5.41, 5.74) is 1.62. The molecule has 0 radical (unpaired) electrons. The lowest BCUT2D eigenvalue weighted by atomic mass is 10.1. The molecule has 0 aliphatic carbocycles. The molecule has 0 bridgehead atoms. The molecule has 1 N–H and O–H groups in total. The third-order valence-corrected chi connectivity index (χ3v) is 2.63. The monoisotopic (exact) mass is 303 g/mol. The van der Waals surface area contributed by atoms with Crippen molar-refractivity contribution >= 4 is 17.5 Å². The fraction of sp³-hybridized carbons (Fsp3) is 0.286. The van der Waals surface area contributed by atoms with Gasteiger partial charge < -0.3 is 10.1 Å². The lowest BCUT2D eigenvalue weighted by Crippen LogP contribution is -2.11. The summed E-state index contributed by atoms with van der Waals surface area (Å²) in [7, 11) is 0. The number of hydrogen-bond acceptors (Lipinski definition) is 6. The Kier molecular flexibility index (Phi) is 4.90. The van der Waals surface area contributed by atoms with Crippen LogP contribution < -0.4 is 10.1 Å². The van der Waals surface area contributed by atoms with E-state index in [4.69, 9.17) is 21.6 Å². The van der Waals surface area contributed by atoms with Gasteiger partial charge in [-0.2, -0.15) is 20.2 Å². The first-order valence-electron chi connectivity index (χ1n) is 6.38. The third kappa shape index (κ3) is 4.58. The molecule has 2 rings (SSSR count). The lowest BCUT2D eigenvalue weighted by Gasteiger charge is -2.09. The van der Waals surface area contributed by atoms with Gasteiger partial charge in [-0.15, -0.1) is 0 Å². The molecule has 108 valence electrons. The Labute approximate surface area is 127 Å². The van der Waals surface area contributed by atoms with E-state index in [0.717, 1.165) is 5.56 Å². The average Bonchev–Trinajstić information content (AvgIpc) is 2.44. The molecule has 1 aromatic carbocycles. The smallest absolute Gasteiger partial charge is 0.322 e. The van der Waals surface area contributed by atoms with Gasteiger partial charge in [-0.25, -0.2) is 0 Å². The van der Waals surface area contributed by atoms with Gasteiger partial charge in [0, 0.05) is 6.54 Å². The number of nitrogens with zero attached hydrogens (tertiary/aromatic N) is 4. The van der Waals surface area contributed by atoms with E-state index in [1.54, 1.807) is 12.1 Å². The van der Waals surface area contributed by atoms with Crippen molar-refractivity contribution in [2.75, 3.05) is 5.32 Å². The van der Waals surface area contributed by atoms with E-state index in [0.29, 0.717) is 18.1 Å². The van der Waals surface area contributed by atoms with E-state index < -0.39 is 0 Å². The van der Waals surface area contributed by atoms with E-state index >= 15 is 0 Å². The van der Waals surface area contributed by atoms with E-state index in [1.165, 1.54) is 0 Å². The van der Waals surface area contributed by atoms with Gasteiger partial charge in [0.05, 0.1) is 17.7 Å². The summed E-state index contributed by atoms with van der Waals surface area (Å²) in [6, 6.07) is 9.49. The van der Waals surface area contributed by atoms with Gasteiger partial charge >= 0.3 is 6.01 Å². The van der Waals surface area contributed by atoms with Crippen LogP contribution in [0.25, 0.3) is 0 Å². The van der Waals surface area contributed by atoms with Gasteiger partial charge in [0.25, 0.3) is 0 Å². The van der Waals surface area contributed by atoms with Crippen LogP contribution in [0.15, 0.2) is 24.3 Å². The molecule has 0 fully saturated rings. The Morgan fingerprint density at radius 2 is 1.95 bits per heavy atom. The highest BCUT2D eigenvalue weighted by Gasteiger charge is 2.07. The van der Waals surface area contributed by atoms with Gasteiger partial charge in [0.1, 0.15) is 0 Å². The zero-order valence-electron chi connectivity index (χ0n) is 11.7. The number of hydrogen-bond donors (Lipinski definition) is 1. The second-order valence-electron chi connectivity index (χ2n) is 4.54. The molecule has 7 heteroatoms. The SMILES string of the molecule is CC(C)Oc1nc(Cl)nc(NCc2ccc(C#N)cc2)n1. The molecule has 0 spiro atoms. The summed E-state index contributed by atoms with van der Waals surface area (Å²) in [5, 5.41) is 11.9. The Bertz CT molecular complexity index is 651. The van der Waals surface area contributed by atoms with E-state index in [9.17, 15) is 0 Å². The molecule has 1 heterocycles. The normalized spacial score (nSPS) is 10.2. The molecular weight excluding hydrogens is 290 g/mol. The number of aromatic nitrogens is 3. The van der Waals surface area contributed by atoms with Crippen molar-refractivity contribution in [3.63, 3.8) is 0 Å². The molecule has 0 aliphatic rings. The highest BCUT2D eigenvalue weighted by Crippen LogP contribution is 2.13. The summed E-state index contributed by atoms with van der Waals surface area (Å²) in [4.78, 5) is 12.0. The van der Waals surface area contributed by atoms with Gasteiger partial charge in [-0.05, 0) is 43.1 Å². The molecule has 0 saturated heterocycles. The number of anilines is 1. The van der Waals surface area contributed by atoms with Gasteiger partial charge in [0.2, 0.25) is 11.2 Å². The Hall–Kier alpha value is -2.39. The Morgan fingerprint density at radius 1 is 1.24 bits per heavy atom. The van der Waals surface area contributed by atoms with Crippen LogP contribution >= 0.6 is 11.6 Å². The standard InChI is InChI=1S/C14H14ClN5O/c1-9(2)21-14-19-12(15)18-13(20-14)17-8-11-5-3-10(7-16)4-6-11/h3-6,9H,8H2,1-2H3,(H,17,18,19,20). The minimum absolute atomic E-state index is 0.0464. The van der Waals surface area contributed by atoms with Crippen molar-refractivity contribution < 1.29 is 4.74 Å². The Morgan fingerprint density at radius 3 is 2.57 bits per heavy atom. The molecule has 6 nitrogen and oxygen atoms in total. The largest absolute Gasteiger partial charge is 0.461 e. The van der Waals surface area contributed by atoms with Gasteiger partial charge in [0.15, 0.2) is 0 Å². The molecule has 0 unspecified atom stereocenters. The second-order valence-corrected chi connectivity index (χ2v) is 4.88. The van der Waals surface area contributed by atoms with Crippen molar-refractivity contribution in [2.24, 2.45) is 0 Å². The molecular formula is C14H14ClN5O. The highest BCUT2D eigenvalue weighted by molar-refractivity contribution is 6.28. The van der Waals surface area contributed by atoms with Crippen LogP contribution in [0.1, 0.15) is 25.0 Å². The van der Waals surface area contributed by atoms with E-state index in [2.05, 4.69) is 26.3 Å². The number of rotatable bonds is 5. The van der Waals surface area contributed by atoms with Crippen LogP contribution in [0.2, 0.25) is 5.28 Å². The highest BCUT2D eigenvalue weighted by atomic mass is 35.5. The van der Waals surface area contributed by atoms with Crippen LogP contribution in [-0.2, 0) is 6.54 Å². The summed E-state index contributed by atoms with van der Waals surface area (Å²) in [6.45, 7) is 4.26. The second kappa shape index (κ2) is 6.86. The predicted octanol–water partition coefficient (Wildman–Crippen LogP) is 2.80. The first-order valence-corrected chi connectivity index (χ1v) is 6.76. The number of ether oxygens (including phenoxy) is 1. The van der Waals surface area contributed by atoms with Crippen molar-refractivity contribution in [3.05, 3.63) is 40.7 Å². The number of benzene rings is 1. The molecule has 1 aromatic heterocycles. The quantitative estimate of drug-likeness (QED) is 0.914. The van der Waals surface area contributed by atoms with Crippen molar-refractivity contribution in [3.8, 4) is 12.1 Å². The summed E-state index contributed by atoms with van der Waals surface area (Å²) < 4.78 is 5.40. The molecule has 0 atom stereocenters. The number of nitriles is 1. The van der Waals surface area contributed by atoms with E-state index in [-0.39, 0.29) is 17.4 Å². The predicted molar refractivity (Wildman–Crippen MR) is 79.1 cm³/mol. The minimum Gasteiger partial charge on any atom is -0.461 e. The molecule has 0 saturated carbocycles. The van der Waals surface area contributed by atoms with Crippen LogP contribution in [0.4, 0.5) is 5.95 Å². The number of halogens is 1. The topological polar surface area (TPSA) is 83.7 Å². The first-order chi connectivity index (χ1) is 10.1. The van der Waals surface area contributed by atoms with Crippen molar-refractivity contribution in [2.45, 2.75) is 26.5 Å². The zero-order valence-corrected chi connectivity index (χ0v) is 12.4. The van der Waals surface area contributed by atoms with Gasteiger partial charge in [-0.3, -0.25) is 0 Å². The first kappa shape index (κ1) is 15.0. The number of nitrogens with one attached hydrogen (secondary N) is 1. The average molecular weight is 304 g/mol. The van der Waals surface area contributed by atoms with Crippen molar-refractivity contribution in [1.29, 1.82) is 5.26 Å². The molecule has 0 amide bonds. The minimum atomic E-state index is -0.0464. The summed E-state index contributed by atoms with van der Waals surface area (Å²) in [5.74, 6) is 0.343. The molecule has 21 heavy (non-hydrogen) atoms. The van der Waals surface area contributed by atoms with Gasteiger partial charge in [-0.1, -0.05) is 12.1 Å².